The number of nitrogens with zero attached hydrogens (tertiary/aromatic N) is 4. The second-order valence-electron chi connectivity index (χ2n) is 21.0. The van der Waals surface area contributed by atoms with Crippen LogP contribution in [0.2, 0.25) is 0 Å². The van der Waals surface area contributed by atoms with Crippen molar-refractivity contribution >= 4 is 0 Å². The quantitative estimate of drug-likeness (QED) is 0.135. The van der Waals surface area contributed by atoms with E-state index in [0.717, 1.165) is 45.0 Å². The summed E-state index contributed by atoms with van der Waals surface area (Å²) in [5.41, 5.74) is 22.1. The van der Waals surface area contributed by atoms with Crippen LogP contribution in [0.4, 0.5) is 0 Å². The summed E-state index contributed by atoms with van der Waals surface area (Å²) in [7, 11) is 0. The largest absolute Gasteiger partial charge is 0.305 e. The van der Waals surface area contributed by atoms with Gasteiger partial charge in [-0.3, -0.25) is 0 Å². The molecule has 0 aliphatic carbocycles. The van der Waals surface area contributed by atoms with Gasteiger partial charge in [-0.1, -0.05) is 169 Å². The summed E-state index contributed by atoms with van der Waals surface area (Å²) in [6.07, 6.45) is 7.31. The van der Waals surface area contributed by atoms with Crippen LogP contribution in [0.1, 0.15) is 88.1 Å². The fraction of sp³-hybridized carbons (Fsp3) is 0.162. The molecule has 0 saturated carbocycles. The van der Waals surface area contributed by atoms with Crippen molar-refractivity contribution in [1.29, 1.82) is 0 Å². The van der Waals surface area contributed by atoms with Gasteiger partial charge in [0.15, 0.2) is 0 Å². The van der Waals surface area contributed by atoms with E-state index in [1.807, 2.05) is 122 Å². The molecule has 0 unspecified atom stereocenters. The third kappa shape index (κ3) is 19.1. The van der Waals surface area contributed by atoms with Crippen molar-refractivity contribution in [2.75, 3.05) is 0 Å². The Morgan fingerprint density at radius 2 is 0.728 bits per heavy atom. The molecule has 0 aliphatic rings. The maximum atomic E-state index is 4.53. The van der Waals surface area contributed by atoms with E-state index in [1.54, 1.807) is 6.20 Å². The molecule has 4 aromatic heterocycles. The zero-order valence-electron chi connectivity index (χ0n) is 47.5. The summed E-state index contributed by atoms with van der Waals surface area (Å²) >= 11 is 0. The van der Waals surface area contributed by atoms with Crippen LogP contribution in [-0.4, -0.2) is 19.9 Å². The first-order valence-corrected chi connectivity index (χ1v) is 26.8. The Morgan fingerprint density at radius 3 is 1.16 bits per heavy atom. The number of benzene rings is 7. The smallest absolute Gasteiger partial charge is 0.0163 e. The second kappa shape index (κ2) is 31.9. The molecule has 0 spiro atoms. The van der Waals surface area contributed by atoms with Gasteiger partial charge in [0.2, 0.25) is 0 Å². The molecule has 4 nitrogen and oxygen atoms in total. The second-order valence-corrected chi connectivity index (χ2v) is 21.0. The van der Waals surface area contributed by atoms with Gasteiger partial charge in [0, 0.05) is 85.1 Å². The molecule has 0 saturated heterocycles. The molecule has 0 atom stereocenters. The number of hydrogen-bond donors (Lipinski definition) is 0. The Balaban J connectivity index is 0.000000200. The molecule has 0 amide bonds. The van der Waals surface area contributed by atoms with Gasteiger partial charge in [-0.15, -0.1) is 142 Å². The molecular weight excluding hydrogens is 1520 g/mol. The van der Waals surface area contributed by atoms with E-state index in [2.05, 4.69) is 216 Å². The van der Waals surface area contributed by atoms with Gasteiger partial charge in [-0.25, -0.2) is 0 Å². The summed E-state index contributed by atoms with van der Waals surface area (Å²) in [5.74, 6) is 1.04. The van der Waals surface area contributed by atoms with Gasteiger partial charge in [0.05, 0.1) is 0 Å². The summed E-state index contributed by atoms with van der Waals surface area (Å²) in [4.78, 5) is 17.6. The zero-order chi connectivity index (χ0) is 54.9. The average molecular weight is 1590 g/mol. The maximum Gasteiger partial charge on any atom is 0.0163 e. The van der Waals surface area contributed by atoms with Crippen LogP contribution in [-0.2, 0) is 65.7 Å². The van der Waals surface area contributed by atoms with Gasteiger partial charge in [-0.05, 0) is 112 Å². The molecule has 81 heavy (non-hydrogen) atoms. The van der Waals surface area contributed by atoms with E-state index < -0.39 is 0 Å². The van der Waals surface area contributed by atoms with E-state index >= 15 is 0 Å². The minimum Gasteiger partial charge on any atom is -0.305 e. The molecule has 415 valence electrons. The first kappa shape index (κ1) is 64.9. The number of aromatic nitrogens is 4. The molecule has 7 heteroatoms. The molecule has 7 aromatic carbocycles. The van der Waals surface area contributed by atoms with Crippen LogP contribution in [0.3, 0.4) is 0 Å². The van der Waals surface area contributed by atoms with Crippen molar-refractivity contribution in [3.63, 3.8) is 0 Å². The molecular formula is C74H68Ir3N4-4. The number of rotatable bonds is 9. The summed E-state index contributed by atoms with van der Waals surface area (Å²) in [5, 5.41) is 0. The summed E-state index contributed by atoms with van der Waals surface area (Å²) < 4.78 is 0. The maximum absolute atomic E-state index is 4.53. The average Bonchev–Trinajstić information content (AvgIpc) is 3.63. The van der Waals surface area contributed by atoms with Crippen molar-refractivity contribution in [3.05, 3.63) is 289 Å². The Labute approximate surface area is 523 Å². The van der Waals surface area contributed by atoms with E-state index in [4.69, 9.17) is 0 Å². The van der Waals surface area contributed by atoms with E-state index in [0.29, 0.717) is 11.8 Å². The van der Waals surface area contributed by atoms with Crippen LogP contribution in [0, 0.1) is 38.1 Å². The predicted octanol–water partition coefficient (Wildman–Crippen LogP) is 19.3. The molecule has 11 rings (SSSR count). The van der Waals surface area contributed by atoms with Crippen molar-refractivity contribution in [2.24, 2.45) is 0 Å². The monoisotopic (exact) mass is 1590 g/mol. The van der Waals surface area contributed by atoms with Gasteiger partial charge >= 0.3 is 0 Å². The van der Waals surface area contributed by atoms with E-state index in [9.17, 15) is 0 Å². The van der Waals surface area contributed by atoms with Gasteiger partial charge < -0.3 is 19.9 Å². The van der Waals surface area contributed by atoms with Gasteiger partial charge in [0.1, 0.15) is 0 Å². The van der Waals surface area contributed by atoms with Gasteiger partial charge in [0.25, 0.3) is 0 Å². The molecule has 3 radical (unpaired) electrons. The molecule has 11 aromatic rings. The molecule has 0 N–H and O–H groups in total. The number of hydrogen-bond acceptors (Lipinski definition) is 4. The van der Waals surface area contributed by atoms with Crippen molar-refractivity contribution < 1.29 is 60.3 Å². The molecule has 0 bridgehead atoms. The van der Waals surface area contributed by atoms with Crippen molar-refractivity contribution in [1.82, 2.24) is 19.9 Å². The summed E-state index contributed by atoms with van der Waals surface area (Å²) in [6, 6.07) is 85.6. The molecule has 0 fully saturated rings. The van der Waals surface area contributed by atoms with Gasteiger partial charge in [-0.2, -0.15) is 0 Å². The minimum atomic E-state index is 0. The van der Waals surface area contributed by atoms with Crippen LogP contribution in [0.15, 0.2) is 237 Å². The zero-order valence-corrected chi connectivity index (χ0v) is 54.6. The fourth-order valence-electron chi connectivity index (χ4n) is 8.83. The van der Waals surface area contributed by atoms with E-state index in [1.165, 1.54) is 61.2 Å². The third-order valence-corrected chi connectivity index (χ3v) is 13.1. The SMILES string of the molecule is CC(C)(C)c1ccnc(-c2[c-]ccc(-c3ccccc3)c2)c1.CC(C)c1cc(-c2cc[c-]c(-c3ccccn3)c2)cc(C(C)C)c1.Cc1cc(C)cc(-c2cc[c-]c(-c3ccccn3)c2)c1.[Ir].[Ir].[Ir].[c-]1ccccc1-c1ccccn1. The molecule has 0 aliphatic heterocycles. The van der Waals surface area contributed by atoms with Crippen LogP contribution < -0.4 is 0 Å². The predicted molar refractivity (Wildman–Crippen MR) is 327 cm³/mol. The Morgan fingerprint density at radius 1 is 0.321 bits per heavy atom. The Kier molecular flexibility index (Phi) is 25.6. The van der Waals surface area contributed by atoms with Crippen molar-refractivity contribution in [3.8, 4) is 78.4 Å². The van der Waals surface area contributed by atoms with Crippen LogP contribution >= 0.6 is 0 Å². The Bertz CT molecular complexity index is 3540. The number of aryl methyl sites for hydroxylation is 2. The minimum absolute atomic E-state index is 0. The standard InChI is InChI=1S/C23H24N.C21H20N.C19H16N.C11H8N.3Ir/c1-16(2)20-13-21(17(3)4)15-22(14-20)18-8-7-9-19(12-18)23-10-5-6-11-24-23;1-21(2,3)19-12-13-22-20(15-19)18-11-7-10-17(14-18)16-8-5-4-6-9-16;1-14-10-15(2)12-18(11-14)16-6-5-7-17(13-16)19-8-3-4-9-20-19;1-2-6-10(7-3-1)11-8-4-5-9-12-11;;;/h5-8,10-17H,1-4H3;4-10,12-15H,1-3H3;3-6,8-13H,1-2H3;1-6,8-9H;;;/q4*-1;;;. The van der Waals surface area contributed by atoms with Crippen LogP contribution in [0.25, 0.3) is 78.4 Å². The third-order valence-electron chi connectivity index (χ3n) is 13.1. The summed E-state index contributed by atoms with van der Waals surface area (Å²) in [6.45, 7) is 19.9. The topological polar surface area (TPSA) is 51.6 Å². The van der Waals surface area contributed by atoms with Crippen LogP contribution in [0.5, 0.6) is 0 Å². The Hall–Kier alpha value is -6.91. The van der Waals surface area contributed by atoms with Crippen molar-refractivity contribution in [2.45, 2.75) is 79.6 Å². The number of pyridine rings is 4. The van der Waals surface area contributed by atoms with E-state index in [-0.39, 0.29) is 65.7 Å². The molecule has 4 heterocycles. The first-order chi connectivity index (χ1) is 37.8. The first-order valence-electron chi connectivity index (χ1n) is 26.8. The fourth-order valence-corrected chi connectivity index (χ4v) is 8.83. The normalized spacial score (nSPS) is 10.5.